The first kappa shape index (κ1) is 16.3. The molecule has 0 bridgehead atoms. The minimum atomic E-state index is -0.167. The molecule has 6 nitrogen and oxygen atoms in total. The Kier molecular flexibility index (Phi) is 5.53. The van der Waals surface area contributed by atoms with E-state index >= 15 is 0 Å². The maximum atomic E-state index is 11.5. The van der Waals surface area contributed by atoms with E-state index in [1.54, 1.807) is 36.8 Å². The molecule has 0 aliphatic heterocycles. The molecule has 1 radical (unpaired) electrons. The third-order valence-electron chi connectivity index (χ3n) is 2.91. The fourth-order valence-electron chi connectivity index (χ4n) is 1.84. The Morgan fingerprint density at radius 1 is 1.39 bits per heavy atom. The summed E-state index contributed by atoms with van der Waals surface area (Å²) in [6.45, 7) is 1.89. The average Bonchev–Trinajstić information content (AvgIpc) is 2.56. The van der Waals surface area contributed by atoms with Crippen LogP contribution in [0.3, 0.4) is 0 Å². The average molecular weight is 310 g/mol. The number of carbonyl (C=O) groups excluding carboxylic acids is 1. The van der Waals surface area contributed by atoms with Gasteiger partial charge in [0.2, 0.25) is 11.8 Å². The number of methoxy groups -OCH3 is 1. The Morgan fingerprint density at radius 3 is 2.83 bits per heavy atom. The Morgan fingerprint density at radius 2 is 2.22 bits per heavy atom. The highest BCUT2D eigenvalue weighted by Crippen LogP contribution is 2.27. The Hall–Kier alpha value is -3.07. The van der Waals surface area contributed by atoms with Gasteiger partial charge in [-0.1, -0.05) is 6.92 Å². The van der Waals surface area contributed by atoms with Crippen LogP contribution in [-0.4, -0.2) is 18.0 Å². The highest BCUT2D eigenvalue weighted by Gasteiger charge is 2.07. The third-order valence-corrected chi connectivity index (χ3v) is 2.91. The highest BCUT2D eigenvalue weighted by molar-refractivity contribution is 5.96. The number of benzene rings is 1. The van der Waals surface area contributed by atoms with Crippen molar-refractivity contribution >= 4 is 11.6 Å². The number of hydrogen-bond donors (Lipinski definition) is 1. The van der Waals surface area contributed by atoms with Crippen LogP contribution in [0.5, 0.6) is 17.4 Å². The van der Waals surface area contributed by atoms with Gasteiger partial charge in [0.05, 0.1) is 24.6 Å². The van der Waals surface area contributed by atoms with Crippen molar-refractivity contribution in [2.45, 2.75) is 13.3 Å². The molecule has 0 aliphatic rings. The number of rotatable bonds is 6. The largest absolute Gasteiger partial charge is 0.495 e. The molecule has 0 saturated heterocycles. The van der Waals surface area contributed by atoms with Gasteiger partial charge in [-0.2, -0.15) is 5.26 Å². The molecule has 1 aromatic carbocycles. The van der Waals surface area contributed by atoms with Crippen LogP contribution in [0.1, 0.15) is 18.9 Å². The van der Waals surface area contributed by atoms with Crippen molar-refractivity contribution in [1.82, 2.24) is 4.98 Å². The molecule has 0 saturated carbocycles. The summed E-state index contributed by atoms with van der Waals surface area (Å²) in [5, 5.41) is 11.6. The fourth-order valence-corrected chi connectivity index (χ4v) is 1.84. The van der Waals surface area contributed by atoms with E-state index in [4.69, 9.17) is 14.7 Å². The second-order valence-corrected chi connectivity index (χ2v) is 4.56. The van der Waals surface area contributed by atoms with E-state index in [1.165, 1.54) is 13.3 Å². The molecule has 117 valence electrons. The first-order valence-electron chi connectivity index (χ1n) is 7.02. The minimum Gasteiger partial charge on any atom is -0.495 e. The Balaban J connectivity index is 2.06. The Labute approximate surface area is 134 Å². The van der Waals surface area contributed by atoms with Crippen molar-refractivity contribution in [2.24, 2.45) is 0 Å². The van der Waals surface area contributed by atoms with Gasteiger partial charge in [0, 0.05) is 18.6 Å². The second kappa shape index (κ2) is 7.80. The predicted octanol–water partition coefficient (Wildman–Crippen LogP) is 3.31. The molecule has 0 aliphatic carbocycles. The first-order valence-corrected chi connectivity index (χ1v) is 7.02. The van der Waals surface area contributed by atoms with Gasteiger partial charge in [0.1, 0.15) is 17.6 Å². The molecule has 23 heavy (non-hydrogen) atoms. The number of aromatic nitrogens is 1. The molecule has 1 amide bonds. The molecule has 1 heterocycles. The molecule has 2 aromatic rings. The van der Waals surface area contributed by atoms with Crippen LogP contribution >= 0.6 is 0 Å². The summed E-state index contributed by atoms with van der Waals surface area (Å²) in [6, 6.07) is 10.3. The normalized spacial score (nSPS) is 9.78. The third kappa shape index (κ3) is 4.45. The van der Waals surface area contributed by atoms with E-state index in [2.05, 4.69) is 10.3 Å². The number of carbonyl (C=O) groups is 1. The fraction of sp³-hybridized carbons (Fsp3) is 0.176. The number of pyridine rings is 1. The monoisotopic (exact) mass is 310 g/mol. The zero-order chi connectivity index (χ0) is 16.7. The maximum absolute atomic E-state index is 11.5. The van der Waals surface area contributed by atoms with Crippen LogP contribution in [0.2, 0.25) is 0 Å². The summed E-state index contributed by atoms with van der Waals surface area (Å²) >= 11 is 0. The predicted molar refractivity (Wildman–Crippen MR) is 85.2 cm³/mol. The van der Waals surface area contributed by atoms with Crippen LogP contribution < -0.4 is 14.8 Å². The quantitative estimate of drug-likeness (QED) is 0.885. The first-order chi connectivity index (χ1) is 11.2. The number of nitriles is 1. The molecule has 1 N–H and O–H groups in total. The molecule has 0 unspecified atom stereocenters. The number of amides is 1. The summed E-state index contributed by atoms with van der Waals surface area (Å²) in [7, 11) is 1.49. The van der Waals surface area contributed by atoms with Crippen molar-refractivity contribution in [3.63, 3.8) is 0 Å². The number of ether oxygens (including phenoxy) is 2. The standard InChI is InChI=1S/C17H16N3O3/c1-3-4-16(21)20-13-6-8-17(19-11-13)23-14-7-5-12(10-18)15(9-14)22-2/h4-9,11H,3H2,1-2H3,(H,20,21). The lowest BCUT2D eigenvalue weighted by Crippen LogP contribution is -2.11. The maximum Gasteiger partial charge on any atom is 0.228 e. The molecule has 2 rings (SSSR count). The van der Waals surface area contributed by atoms with Crippen molar-refractivity contribution in [3.8, 4) is 23.4 Å². The van der Waals surface area contributed by atoms with E-state index in [9.17, 15) is 4.79 Å². The van der Waals surface area contributed by atoms with Gasteiger partial charge in [-0.05, 0) is 24.6 Å². The van der Waals surface area contributed by atoms with Gasteiger partial charge in [-0.25, -0.2) is 4.98 Å². The van der Waals surface area contributed by atoms with E-state index in [-0.39, 0.29) is 5.91 Å². The number of nitrogens with zero attached hydrogens (tertiary/aromatic N) is 2. The van der Waals surface area contributed by atoms with Crippen molar-refractivity contribution in [1.29, 1.82) is 5.26 Å². The summed E-state index contributed by atoms with van der Waals surface area (Å²) in [5.74, 6) is 1.14. The Bertz CT molecular complexity index is 721. The molecular formula is C17H16N3O3. The van der Waals surface area contributed by atoms with Crippen molar-refractivity contribution in [2.75, 3.05) is 12.4 Å². The SMILES string of the molecule is CC[CH]C(=O)Nc1ccc(Oc2ccc(C#N)c(OC)c2)nc1. The molecule has 1 aromatic heterocycles. The summed E-state index contributed by atoms with van der Waals surface area (Å²) < 4.78 is 10.7. The van der Waals surface area contributed by atoms with Gasteiger partial charge in [0.25, 0.3) is 0 Å². The molecule has 0 spiro atoms. The topological polar surface area (TPSA) is 84.2 Å². The van der Waals surface area contributed by atoms with E-state index in [0.29, 0.717) is 35.1 Å². The van der Waals surface area contributed by atoms with Gasteiger partial charge >= 0.3 is 0 Å². The van der Waals surface area contributed by atoms with Crippen LogP contribution in [0.15, 0.2) is 36.5 Å². The molecule has 0 atom stereocenters. The summed E-state index contributed by atoms with van der Waals surface area (Å²) in [4.78, 5) is 15.6. The lowest BCUT2D eigenvalue weighted by Gasteiger charge is -2.08. The van der Waals surface area contributed by atoms with Crippen LogP contribution in [0, 0.1) is 17.8 Å². The van der Waals surface area contributed by atoms with Gasteiger partial charge in [-0.15, -0.1) is 0 Å². The summed E-state index contributed by atoms with van der Waals surface area (Å²) in [5.41, 5.74) is 1.02. The number of nitrogens with one attached hydrogen (secondary N) is 1. The van der Waals surface area contributed by atoms with E-state index in [0.717, 1.165) is 0 Å². The highest BCUT2D eigenvalue weighted by atomic mass is 16.5. The number of anilines is 1. The minimum absolute atomic E-state index is 0.167. The molecular weight excluding hydrogens is 294 g/mol. The van der Waals surface area contributed by atoms with Gasteiger partial charge in [-0.3, -0.25) is 4.79 Å². The van der Waals surface area contributed by atoms with E-state index in [1.807, 2.05) is 13.0 Å². The van der Waals surface area contributed by atoms with Gasteiger partial charge in [0.15, 0.2) is 0 Å². The van der Waals surface area contributed by atoms with Gasteiger partial charge < -0.3 is 14.8 Å². The lowest BCUT2D eigenvalue weighted by molar-refractivity contribution is -0.113. The molecule has 0 fully saturated rings. The van der Waals surface area contributed by atoms with E-state index < -0.39 is 0 Å². The van der Waals surface area contributed by atoms with Crippen LogP contribution in [0.25, 0.3) is 0 Å². The zero-order valence-electron chi connectivity index (χ0n) is 12.9. The van der Waals surface area contributed by atoms with Crippen molar-refractivity contribution in [3.05, 3.63) is 48.5 Å². The lowest BCUT2D eigenvalue weighted by atomic mass is 10.2. The van der Waals surface area contributed by atoms with Crippen LogP contribution in [-0.2, 0) is 4.79 Å². The summed E-state index contributed by atoms with van der Waals surface area (Å²) in [6.07, 6.45) is 3.73. The van der Waals surface area contributed by atoms with Crippen molar-refractivity contribution < 1.29 is 14.3 Å². The van der Waals surface area contributed by atoms with Crippen LogP contribution in [0.4, 0.5) is 5.69 Å². The number of hydrogen-bond acceptors (Lipinski definition) is 5. The molecule has 6 heteroatoms. The zero-order valence-corrected chi connectivity index (χ0v) is 12.9. The second-order valence-electron chi connectivity index (χ2n) is 4.56. The smallest absolute Gasteiger partial charge is 0.228 e.